The molecule has 1 aliphatic rings. The van der Waals surface area contributed by atoms with E-state index in [1.807, 2.05) is 20.9 Å². The molecule has 0 aliphatic carbocycles. The van der Waals surface area contributed by atoms with E-state index in [2.05, 4.69) is 4.98 Å². The second-order valence-electron chi connectivity index (χ2n) is 4.43. The van der Waals surface area contributed by atoms with Crippen LogP contribution in [0.25, 0.3) is 4.96 Å². The monoisotopic (exact) mass is 266 g/mol. The van der Waals surface area contributed by atoms with Gasteiger partial charge in [0.15, 0.2) is 10.8 Å². The van der Waals surface area contributed by atoms with Gasteiger partial charge in [0.2, 0.25) is 5.91 Å². The largest absolute Gasteiger partial charge is 0.390 e. The lowest BCUT2D eigenvalue weighted by Crippen LogP contribution is -2.28. The fourth-order valence-electron chi connectivity index (χ4n) is 2.41. The van der Waals surface area contributed by atoms with Crippen LogP contribution >= 0.6 is 11.3 Å². The Morgan fingerprint density at radius 3 is 3.17 bits per heavy atom. The number of hydrogen-bond donors (Lipinski definition) is 2. The fourth-order valence-corrected chi connectivity index (χ4v) is 3.13. The second-order valence-corrected chi connectivity index (χ2v) is 5.30. The first-order chi connectivity index (χ1) is 8.70. The van der Waals surface area contributed by atoms with Gasteiger partial charge in [0.25, 0.3) is 0 Å². The first kappa shape index (κ1) is 11.5. The zero-order chi connectivity index (χ0) is 12.7. The summed E-state index contributed by atoms with van der Waals surface area (Å²) in [4.78, 5) is 18.6. The topological polar surface area (TPSA) is 83.9 Å². The number of hydrogen-bond acceptors (Lipinski definition) is 5. The molecule has 18 heavy (non-hydrogen) atoms. The van der Waals surface area contributed by atoms with Crippen LogP contribution < -0.4 is 10.6 Å². The van der Waals surface area contributed by atoms with E-state index in [0.29, 0.717) is 6.54 Å². The fraction of sp³-hybridized carbons (Fsp3) is 0.455. The molecular formula is C11H14N4O2S. The van der Waals surface area contributed by atoms with Gasteiger partial charge in [-0.3, -0.25) is 9.20 Å². The zero-order valence-corrected chi connectivity index (χ0v) is 10.6. The maximum Gasteiger partial charge on any atom is 0.222 e. The van der Waals surface area contributed by atoms with Gasteiger partial charge in [-0.25, -0.2) is 4.98 Å². The summed E-state index contributed by atoms with van der Waals surface area (Å²) in [5.41, 5.74) is 6.10. The number of thiazole rings is 1. The highest BCUT2D eigenvalue weighted by Gasteiger charge is 2.30. The minimum absolute atomic E-state index is 0.0645. The maximum atomic E-state index is 11.2. The second kappa shape index (κ2) is 4.25. The third-order valence-electron chi connectivity index (χ3n) is 3.38. The molecule has 6 nitrogen and oxygen atoms in total. The van der Waals surface area contributed by atoms with E-state index in [1.165, 1.54) is 11.3 Å². The number of nitrogens with two attached hydrogens (primary N) is 1. The predicted octanol–water partition coefficient (Wildman–Crippen LogP) is 0.200. The number of carbonyl (C=O) groups is 1. The average molecular weight is 266 g/mol. The summed E-state index contributed by atoms with van der Waals surface area (Å²) in [6.45, 7) is 1.28. The number of aliphatic hydroxyl groups excluding tert-OH is 1. The van der Waals surface area contributed by atoms with Crippen LogP contribution in [-0.4, -0.2) is 33.5 Å². The number of fused-ring (bicyclic) bond motifs is 1. The Balaban J connectivity index is 1.95. The SMILES string of the molecule is NC(=O)C1CCN(c2nc3sccn3c2CO)C1. The van der Waals surface area contributed by atoms with E-state index in [9.17, 15) is 9.90 Å². The number of nitrogens with zero attached hydrogens (tertiary/aromatic N) is 3. The van der Waals surface area contributed by atoms with Crippen LogP contribution in [0.3, 0.4) is 0 Å². The van der Waals surface area contributed by atoms with Crippen LogP contribution in [0.15, 0.2) is 11.6 Å². The number of aromatic nitrogens is 2. The summed E-state index contributed by atoms with van der Waals surface area (Å²) in [7, 11) is 0. The number of primary amides is 1. The smallest absolute Gasteiger partial charge is 0.222 e. The molecule has 3 N–H and O–H groups in total. The molecule has 1 aliphatic heterocycles. The Morgan fingerprint density at radius 2 is 2.50 bits per heavy atom. The number of amides is 1. The van der Waals surface area contributed by atoms with Crippen molar-refractivity contribution in [1.82, 2.24) is 9.38 Å². The maximum absolute atomic E-state index is 11.2. The van der Waals surface area contributed by atoms with Crippen LogP contribution in [0.4, 0.5) is 5.82 Å². The minimum atomic E-state index is -0.260. The molecule has 1 unspecified atom stereocenters. The van der Waals surface area contributed by atoms with E-state index in [1.54, 1.807) is 0 Å². The van der Waals surface area contributed by atoms with Crippen molar-refractivity contribution in [2.24, 2.45) is 11.7 Å². The molecule has 3 heterocycles. The third-order valence-corrected chi connectivity index (χ3v) is 4.14. The number of carbonyl (C=O) groups excluding carboxylic acids is 1. The van der Waals surface area contributed by atoms with E-state index in [4.69, 9.17) is 5.73 Å². The summed E-state index contributed by atoms with van der Waals surface area (Å²) in [5, 5.41) is 11.4. The normalized spacial score (nSPS) is 19.8. The Bertz CT molecular complexity index is 591. The lowest BCUT2D eigenvalue weighted by molar-refractivity contribution is -0.121. The van der Waals surface area contributed by atoms with Crippen molar-refractivity contribution in [2.45, 2.75) is 13.0 Å². The van der Waals surface area contributed by atoms with Gasteiger partial charge in [-0.2, -0.15) is 0 Å². The van der Waals surface area contributed by atoms with E-state index >= 15 is 0 Å². The van der Waals surface area contributed by atoms with Crippen LogP contribution in [-0.2, 0) is 11.4 Å². The molecule has 1 fully saturated rings. The van der Waals surface area contributed by atoms with E-state index in [-0.39, 0.29) is 18.4 Å². The molecule has 96 valence electrons. The van der Waals surface area contributed by atoms with Gasteiger partial charge in [-0.1, -0.05) is 0 Å². The number of aliphatic hydroxyl groups is 1. The highest BCUT2D eigenvalue weighted by Crippen LogP contribution is 2.29. The van der Waals surface area contributed by atoms with Crippen molar-refractivity contribution >= 4 is 28.0 Å². The zero-order valence-electron chi connectivity index (χ0n) is 9.74. The van der Waals surface area contributed by atoms with E-state index in [0.717, 1.165) is 29.4 Å². The predicted molar refractivity (Wildman–Crippen MR) is 68.5 cm³/mol. The van der Waals surface area contributed by atoms with Crippen molar-refractivity contribution in [3.63, 3.8) is 0 Å². The number of rotatable bonds is 3. The Morgan fingerprint density at radius 1 is 1.67 bits per heavy atom. The Labute approximate surface area is 108 Å². The molecule has 2 aromatic heterocycles. The molecule has 2 aromatic rings. The molecule has 0 spiro atoms. The standard InChI is InChI=1S/C11H14N4O2S/c12-9(17)7-1-2-14(5-7)10-8(6-16)15-3-4-18-11(15)13-10/h3-4,7,16H,1-2,5-6H2,(H2,12,17). The molecule has 0 saturated carbocycles. The molecule has 1 saturated heterocycles. The van der Waals surface area contributed by atoms with Gasteiger partial charge >= 0.3 is 0 Å². The molecule has 0 aromatic carbocycles. The van der Waals surface area contributed by atoms with Crippen LogP contribution in [0.1, 0.15) is 12.1 Å². The van der Waals surface area contributed by atoms with Crippen LogP contribution in [0, 0.1) is 5.92 Å². The van der Waals surface area contributed by atoms with Gasteiger partial charge in [-0.15, -0.1) is 11.3 Å². The summed E-state index contributed by atoms with van der Waals surface area (Å²) in [6, 6.07) is 0. The van der Waals surface area contributed by atoms with Crippen molar-refractivity contribution < 1.29 is 9.90 Å². The lowest BCUT2D eigenvalue weighted by atomic mass is 10.1. The van der Waals surface area contributed by atoms with Gasteiger partial charge in [0.1, 0.15) is 0 Å². The number of imidazole rings is 1. The third kappa shape index (κ3) is 1.67. The van der Waals surface area contributed by atoms with Crippen molar-refractivity contribution in [1.29, 1.82) is 0 Å². The van der Waals surface area contributed by atoms with Crippen molar-refractivity contribution in [2.75, 3.05) is 18.0 Å². The molecule has 1 amide bonds. The summed E-state index contributed by atoms with van der Waals surface area (Å²) in [5.74, 6) is 0.397. The minimum Gasteiger partial charge on any atom is -0.390 e. The molecule has 1 atom stereocenters. The van der Waals surface area contributed by atoms with Gasteiger partial charge in [0.05, 0.1) is 18.2 Å². The highest BCUT2D eigenvalue weighted by molar-refractivity contribution is 7.15. The van der Waals surface area contributed by atoms with Gasteiger partial charge in [-0.05, 0) is 6.42 Å². The summed E-state index contributed by atoms with van der Waals surface area (Å²) >= 11 is 1.53. The molecule has 0 bridgehead atoms. The summed E-state index contributed by atoms with van der Waals surface area (Å²) < 4.78 is 1.89. The number of anilines is 1. The first-order valence-electron chi connectivity index (χ1n) is 5.80. The lowest BCUT2D eigenvalue weighted by Gasteiger charge is -2.16. The van der Waals surface area contributed by atoms with E-state index < -0.39 is 0 Å². The summed E-state index contributed by atoms with van der Waals surface area (Å²) in [6.07, 6.45) is 2.65. The first-order valence-corrected chi connectivity index (χ1v) is 6.68. The van der Waals surface area contributed by atoms with Crippen molar-refractivity contribution in [3.05, 3.63) is 17.3 Å². The Kier molecular flexibility index (Phi) is 2.71. The Hall–Kier alpha value is -1.60. The van der Waals surface area contributed by atoms with Crippen molar-refractivity contribution in [3.8, 4) is 0 Å². The highest BCUT2D eigenvalue weighted by atomic mass is 32.1. The van der Waals surface area contributed by atoms with Crippen LogP contribution in [0.2, 0.25) is 0 Å². The molecule has 7 heteroatoms. The average Bonchev–Trinajstić information content (AvgIpc) is 3.02. The van der Waals surface area contributed by atoms with Crippen LogP contribution in [0.5, 0.6) is 0 Å². The van der Waals surface area contributed by atoms with Gasteiger partial charge < -0.3 is 15.7 Å². The molecule has 3 rings (SSSR count). The molecular weight excluding hydrogens is 252 g/mol. The quantitative estimate of drug-likeness (QED) is 0.831. The van der Waals surface area contributed by atoms with Gasteiger partial charge in [0, 0.05) is 24.7 Å². The molecule has 0 radical (unpaired) electrons.